The van der Waals surface area contributed by atoms with Gasteiger partial charge in [0.15, 0.2) is 0 Å². The van der Waals surface area contributed by atoms with Crippen molar-refractivity contribution in [2.24, 2.45) is 0 Å². The molecule has 0 amide bonds. The summed E-state index contributed by atoms with van der Waals surface area (Å²) in [7, 11) is 0.595. The first-order valence-corrected chi connectivity index (χ1v) is 7.44. The van der Waals surface area contributed by atoms with E-state index in [1.165, 1.54) is 19.3 Å². The molecule has 76 valence electrons. The molecule has 0 spiro atoms. The van der Waals surface area contributed by atoms with Crippen molar-refractivity contribution in [1.29, 1.82) is 0 Å². The predicted molar refractivity (Wildman–Crippen MR) is 68.4 cm³/mol. The summed E-state index contributed by atoms with van der Waals surface area (Å²) in [5, 5.41) is 0. The van der Waals surface area contributed by atoms with Crippen LogP contribution in [-0.2, 0) is 4.43 Å². The lowest BCUT2D eigenvalue weighted by Crippen LogP contribution is -2.29. The number of hydrogen-bond acceptors (Lipinski definition) is 1. The van der Waals surface area contributed by atoms with Crippen LogP contribution in [0.3, 0.4) is 0 Å². The van der Waals surface area contributed by atoms with Crippen LogP contribution in [0.5, 0.6) is 0 Å². The van der Waals surface area contributed by atoms with Crippen molar-refractivity contribution in [2.45, 2.75) is 51.7 Å². The fraction of sp³-hybridized carbons (Fsp3) is 0.800. The molecule has 0 rings (SSSR count). The van der Waals surface area contributed by atoms with E-state index in [4.69, 9.17) is 4.43 Å². The minimum absolute atomic E-state index is 0.0743. The highest BCUT2D eigenvalue weighted by Gasteiger charge is 2.21. The maximum Gasteiger partial charge on any atom is 0.226 e. The summed E-state index contributed by atoms with van der Waals surface area (Å²) in [5.74, 6) is 0. The Bertz CT molecular complexity index is 150. The molecule has 3 heteroatoms. The first-order chi connectivity index (χ1) is 6.18. The largest absolute Gasteiger partial charge is 0.412 e. The lowest BCUT2D eigenvalue weighted by atomic mass is 9.96. The lowest BCUT2D eigenvalue weighted by Gasteiger charge is -2.28. The Balaban J connectivity index is 3.98. The summed E-state index contributed by atoms with van der Waals surface area (Å²) in [4.78, 5) is 0. The molecule has 0 fully saturated rings. The molecule has 1 unspecified atom stereocenters. The zero-order valence-electron chi connectivity index (χ0n) is 8.77. The van der Waals surface area contributed by atoms with E-state index in [1.54, 1.807) is 0 Å². The van der Waals surface area contributed by atoms with Gasteiger partial charge in [-0.25, -0.2) is 0 Å². The molecule has 13 heavy (non-hydrogen) atoms. The van der Waals surface area contributed by atoms with Crippen LogP contribution < -0.4 is 0 Å². The van der Waals surface area contributed by atoms with Crippen LogP contribution in [0, 0.1) is 0 Å². The fourth-order valence-electron chi connectivity index (χ4n) is 1.29. The zero-order chi connectivity index (χ0) is 10.2. The van der Waals surface area contributed by atoms with Gasteiger partial charge in [0.05, 0.1) is 5.60 Å². The van der Waals surface area contributed by atoms with E-state index in [9.17, 15) is 0 Å². The molecule has 0 aliphatic rings. The second-order valence-electron chi connectivity index (χ2n) is 3.43. The SMILES string of the molecule is CCCCC(C)(C/C=C/I)O[Si]C. The quantitative estimate of drug-likeness (QED) is 0.511. The van der Waals surface area contributed by atoms with Crippen LogP contribution in [0.1, 0.15) is 39.5 Å². The van der Waals surface area contributed by atoms with Gasteiger partial charge in [0.2, 0.25) is 9.76 Å². The second-order valence-corrected chi connectivity index (χ2v) is 4.76. The van der Waals surface area contributed by atoms with Crippen molar-refractivity contribution in [3.8, 4) is 0 Å². The maximum absolute atomic E-state index is 5.81. The molecule has 0 N–H and O–H groups in total. The molecular weight excluding hydrogens is 291 g/mol. The van der Waals surface area contributed by atoms with Gasteiger partial charge in [-0.1, -0.05) is 48.4 Å². The van der Waals surface area contributed by atoms with Gasteiger partial charge in [-0.2, -0.15) is 0 Å². The zero-order valence-corrected chi connectivity index (χ0v) is 11.9. The van der Waals surface area contributed by atoms with Gasteiger partial charge in [0.25, 0.3) is 0 Å². The van der Waals surface area contributed by atoms with Crippen LogP contribution in [0.2, 0.25) is 6.55 Å². The van der Waals surface area contributed by atoms with E-state index in [1.807, 2.05) is 0 Å². The second kappa shape index (κ2) is 8.00. The topological polar surface area (TPSA) is 9.23 Å². The summed E-state index contributed by atoms with van der Waals surface area (Å²) in [5.41, 5.74) is 0.0743. The highest BCUT2D eigenvalue weighted by atomic mass is 127. The van der Waals surface area contributed by atoms with Crippen molar-refractivity contribution in [1.82, 2.24) is 0 Å². The molecule has 0 saturated heterocycles. The predicted octanol–water partition coefficient (Wildman–Crippen LogP) is 3.96. The molecule has 0 aromatic carbocycles. The first kappa shape index (κ1) is 13.6. The molecule has 0 bridgehead atoms. The van der Waals surface area contributed by atoms with Crippen LogP contribution in [0.4, 0.5) is 0 Å². The van der Waals surface area contributed by atoms with Crippen LogP contribution in [-0.4, -0.2) is 15.4 Å². The van der Waals surface area contributed by atoms with Crippen molar-refractivity contribution >= 4 is 32.4 Å². The minimum Gasteiger partial charge on any atom is -0.412 e. The lowest BCUT2D eigenvalue weighted by molar-refractivity contribution is 0.0859. The van der Waals surface area contributed by atoms with E-state index in [2.05, 4.69) is 53.1 Å². The fourth-order valence-corrected chi connectivity index (χ4v) is 2.22. The van der Waals surface area contributed by atoms with Crippen molar-refractivity contribution in [3.05, 3.63) is 10.2 Å². The number of unbranched alkanes of at least 4 members (excludes halogenated alkanes) is 1. The number of rotatable bonds is 7. The van der Waals surface area contributed by atoms with Gasteiger partial charge < -0.3 is 4.43 Å². The number of halogens is 1. The Morgan fingerprint density at radius 1 is 1.54 bits per heavy atom. The molecule has 1 nitrogen and oxygen atoms in total. The third-order valence-electron chi connectivity index (χ3n) is 2.05. The average molecular weight is 310 g/mol. The highest BCUT2D eigenvalue weighted by Crippen LogP contribution is 2.23. The molecule has 0 aromatic rings. The number of hydrogen-bond donors (Lipinski definition) is 0. The van der Waals surface area contributed by atoms with Gasteiger partial charge in [-0.05, 0) is 30.4 Å². The summed E-state index contributed by atoms with van der Waals surface area (Å²) in [6, 6.07) is 0. The first-order valence-electron chi connectivity index (χ1n) is 4.78. The van der Waals surface area contributed by atoms with E-state index < -0.39 is 0 Å². The van der Waals surface area contributed by atoms with Gasteiger partial charge in [0, 0.05) is 0 Å². The Morgan fingerprint density at radius 3 is 2.69 bits per heavy atom. The van der Waals surface area contributed by atoms with Gasteiger partial charge >= 0.3 is 0 Å². The highest BCUT2D eigenvalue weighted by molar-refractivity contribution is 14.1. The van der Waals surface area contributed by atoms with E-state index in [0.717, 1.165) is 6.42 Å². The third kappa shape index (κ3) is 6.68. The van der Waals surface area contributed by atoms with Gasteiger partial charge in [-0.15, -0.1) is 0 Å². The molecule has 0 aromatic heterocycles. The van der Waals surface area contributed by atoms with Crippen LogP contribution in [0.15, 0.2) is 10.2 Å². The summed E-state index contributed by atoms with van der Waals surface area (Å²) in [6.45, 7) is 6.54. The van der Waals surface area contributed by atoms with Crippen LogP contribution >= 0.6 is 22.6 Å². The molecule has 0 heterocycles. The Morgan fingerprint density at radius 2 is 2.23 bits per heavy atom. The van der Waals surface area contributed by atoms with Gasteiger partial charge in [-0.3, -0.25) is 0 Å². The Hall–Kier alpha value is 0.647. The van der Waals surface area contributed by atoms with Crippen molar-refractivity contribution < 1.29 is 4.43 Å². The summed E-state index contributed by atoms with van der Waals surface area (Å²) in [6.07, 6.45) is 6.91. The van der Waals surface area contributed by atoms with Crippen molar-refractivity contribution in [3.63, 3.8) is 0 Å². The van der Waals surface area contributed by atoms with Crippen molar-refractivity contribution in [2.75, 3.05) is 0 Å². The average Bonchev–Trinajstić information content (AvgIpc) is 2.12. The Kier molecular flexibility index (Phi) is 8.39. The molecule has 2 radical (unpaired) electrons. The normalized spacial score (nSPS) is 16.3. The molecule has 0 saturated carbocycles. The molecule has 0 aliphatic carbocycles. The standard InChI is InChI=1S/C10H19IOSi/c1-4-5-7-10(2,12-13-3)8-6-9-11/h6,9H,4-5,7-8H2,1-3H3/b9-6+. The Labute approximate surface area is 98.4 Å². The van der Waals surface area contributed by atoms with E-state index in [0.29, 0.717) is 9.76 Å². The van der Waals surface area contributed by atoms with E-state index >= 15 is 0 Å². The summed E-state index contributed by atoms with van der Waals surface area (Å²) >= 11 is 2.26. The van der Waals surface area contributed by atoms with Gasteiger partial charge in [0.1, 0.15) is 0 Å². The molecule has 1 atom stereocenters. The maximum atomic E-state index is 5.81. The van der Waals surface area contributed by atoms with Crippen LogP contribution in [0.25, 0.3) is 0 Å². The third-order valence-corrected chi connectivity index (χ3v) is 3.25. The molecule has 0 aliphatic heterocycles. The summed E-state index contributed by atoms with van der Waals surface area (Å²) < 4.78 is 7.88. The van der Waals surface area contributed by atoms with E-state index in [-0.39, 0.29) is 5.60 Å². The smallest absolute Gasteiger partial charge is 0.226 e. The molecular formula is C10H19IOSi. The minimum atomic E-state index is 0.0743. The monoisotopic (exact) mass is 310 g/mol.